The van der Waals surface area contributed by atoms with Gasteiger partial charge in [-0.05, 0) is 38.2 Å². The van der Waals surface area contributed by atoms with Crippen LogP contribution >= 0.6 is 0 Å². The number of ether oxygens (including phenoxy) is 1. The van der Waals surface area contributed by atoms with E-state index in [1.165, 1.54) is 18.4 Å². The van der Waals surface area contributed by atoms with E-state index in [0.29, 0.717) is 12.8 Å². The highest BCUT2D eigenvalue weighted by Crippen LogP contribution is 2.16. The zero-order valence-corrected chi connectivity index (χ0v) is 15.6. The smallest absolute Gasteiger partial charge is 0.320 e. The van der Waals surface area contributed by atoms with Crippen molar-refractivity contribution in [2.75, 3.05) is 0 Å². The second-order valence-corrected chi connectivity index (χ2v) is 6.69. The number of rotatable bonds is 13. The Bertz CT molecular complexity index is 498. The lowest BCUT2D eigenvalue weighted by Crippen LogP contribution is -2.28. The van der Waals surface area contributed by atoms with E-state index in [-0.39, 0.29) is 6.10 Å². The van der Waals surface area contributed by atoms with Gasteiger partial charge >= 0.3 is 11.9 Å². The van der Waals surface area contributed by atoms with Gasteiger partial charge in [0, 0.05) is 0 Å². The van der Waals surface area contributed by atoms with Crippen molar-refractivity contribution in [1.82, 2.24) is 0 Å². The first kappa shape index (κ1) is 21.2. The van der Waals surface area contributed by atoms with Gasteiger partial charge in [-0.15, -0.1) is 0 Å². The molecule has 4 nitrogen and oxygen atoms in total. The van der Waals surface area contributed by atoms with Crippen LogP contribution in [0, 0.1) is 5.92 Å². The zero-order chi connectivity index (χ0) is 18.5. The number of carbonyl (C=O) groups excluding carboxylic acids is 1. The summed E-state index contributed by atoms with van der Waals surface area (Å²) in [5, 5.41) is 9.21. The van der Waals surface area contributed by atoms with Crippen LogP contribution in [0.25, 0.3) is 0 Å². The minimum absolute atomic E-state index is 0.223. The van der Waals surface area contributed by atoms with Gasteiger partial charge in [0.1, 0.15) is 0 Å². The quantitative estimate of drug-likeness (QED) is 0.309. The summed E-state index contributed by atoms with van der Waals surface area (Å²) in [5.74, 6) is -2.69. The van der Waals surface area contributed by atoms with E-state index < -0.39 is 17.9 Å². The molecule has 1 N–H and O–H groups in total. The molecule has 0 amide bonds. The van der Waals surface area contributed by atoms with Crippen LogP contribution in [0.5, 0.6) is 0 Å². The van der Waals surface area contributed by atoms with E-state index in [1.54, 1.807) is 6.92 Å². The Morgan fingerprint density at radius 1 is 1.00 bits per heavy atom. The third-order valence-corrected chi connectivity index (χ3v) is 4.53. The lowest BCUT2D eigenvalue weighted by Gasteiger charge is -2.15. The number of unbranched alkanes of at least 4 members (excludes halogenated alkanes) is 5. The van der Waals surface area contributed by atoms with Crippen LogP contribution in [0.1, 0.15) is 70.8 Å². The number of aliphatic carboxylic acids is 1. The monoisotopic (exact) mass is 348 g/mol. The molecule has 0 aromatic heterocycles. The summed E-state index contributed by atoms with van der Waals surface area (Å²) < 4.78 is 5.16. The van der Waals surface area contributed by atoms with Gasteiger partial charge in [0.15, 0.2) is 5.92 Å². The maximum absolute atomic E-state index is 11.9. The maximum Gasteiger partial charge on any atom is 0.320 e. The Morgan fingerprint density at radius 2 is 1.60 bits per heavy atom. The fourth-order valence-electron chi connectivity index (χ4n) is 2.74. The van der Waals surface area contributed by atoms with Gasteiger partial charge in [0.05, 0.1) is 6.10 Å². The molecule has 2 atom stereocenters. The van der Waals surface area contributed by atoms with Gasteiger partial charge in [-0.2, -0.15) is 0 Å². The fraction of sp³-hybridized carbons (Fsp3) is 0.619. The van der Waals surface area contributed by atoms with Gasteiger partial charge in [0.2, 0.25) is 0 Å². The van der Waals surface area contributed by atoms with E-state index in [2.05, 4.69) is 24.3 Å². The van der Waals surface area contributed by atoms with Crippen LogP contribution in [0.2, 0.25) is 0 Å². The molecular weight excluding hydrogens is 316 g/mol. The van der Waals surface area contributed by atoms with Crippen molar-refractivity contribution >= 4 is 11.9 Å². The van der Waals surface area contributed by atoms with Gasteiger partial charge in [-0.25, -0.2) is 0 Å². The number of aryl methyl sites for hydroxylation is 1. The highest BCUT2D eigenvalue weighted by Gasteiger charge is 2.28. The van der Waals surface area contributed by atoms with Crippen LogP contribution in [0.3, 0.4) is 0 Å². The number of carbonyl (C=O) groups is 2. The predicted molar refractivity (Wildman–Crippen MR) is 99.4 cm³/mol. The van der Waals surface area contributed by atoms with Crippen molar-refractivity contribution in [3.63, 3.8) is 0 Å². The lowest BCUT2D eigenvalue weighted by atomic mass is 9.99. The molecule has 0 aliphatic rings. The minimum Gasteiger partial charge on any atom is -0.481 e. The predicted octanol–water partition coefficient (Wildman–Crippen LogP) is 5.00. The van der Waals surface area contributed by atoms with Crippen molar-refractivity contribution in [2.24, 2.45) is 5.92 Å². The Morgan fingerprint density at radius 3 is 2.20 bits per heavy atom. The lowest BCUT2D eigenvalue weighted by molar-refractivity contribution is -0.162. The molecule has 1 aromatic rings. The molecule has 25 heavy (non-hydrogen) atoms. The normalized spacial score (nSPS) is 13.2. The topological polar surface area (TPSA) is 63.6 Å². The first-order valence-corrected chi connectivity index (χ1v) is 9.51. The minimum atomic E-state index is -1.07. The molecule has 0 saturated carbocycles. The summed E-state index contributed by atoms with van der Waals surface area (Å²) in [6.45, 7) is 3.69. The van der Waals surface area contributed by atoms with E-state index in [1.807, 2.05) is 13.0 Å². The Labute approximate surface area is 151 Å². The van der Waals surface area contributed by atoms with Crippen molar-refractivity contribution in [1.29, 1.82) is 0 Å². The summed E-state index contributed by atoms with van der Waals surface area (Å²) in [5.41, 5.74) is 1.38. The molecule has 0 aliphatic carbocycles. The average Bonchev–Trinajstić information content (AvgIpc) is 2.60. The van der Waals surface area contributed by atoms with Crippen molar-refractivity contribution < 1.29 is 19.4 Å². The molecule has 0 spiro atoms. The van der Waals surface area contributed by atoms with E-state index in [0.717, 1.165) is 32.1 Å². The second kappa shape index (κ2) is 12.5. The maximum atomic E-state index is 11.9. The number of carboxylic acid groups (broad SMARTS) is 1. The Balaban J connectivity index is 2.11. The van der Waals surface area contributed by atoms with Gasteiger partial charge < -0.3 is 9.84 Å². The molecule has 1 rings (SSSR count). The summed E-state index contributed by atoms with van der Waals surface area (Å²) in [6.07, 6.45) is 8.29. The van der Waals surface area contributed by atoms with Crippen molar-refractivity contribution in [3.8, 4) is 0 Å². The molecule has 0 radical (unpaired) electrons. The largest absolute Gasteiger partial charge is 0.481 e. The molecule has 0 fully saturated rings. The van der Waals surface area contributed by atoms with E-state index in [9.17, 15) is 14.7 Å². The summed E-state index contributed by atoms with van der Waals surface area (Å²) in [6, 6.07) is 10.5. The molecule has 4 heteroatoms. The second-order valence-electron chi connectivity index (χ2n) is 6.69. The van der Waals surface area contributed by atoms with E-state index in [4.69, 9.17) is 4.74 Å². The molecule has 0 bridgehead atoms. The fourth-order valence-corrected chi connectivity index (χ4v) is 2.74. The van der Waals surface area contributed by atoms with Crippen LogP contribution in [0.15, 0.2) is 30.3 Å². The molecular formula is C21H32O4. The Kier molecular flexibility index (Phi) is 10.6. The van der Waals surface area contributed by atoms with Crippen molar-refractivity contribution in [2.45, 2.75) is 77.7 Å². The van der Waals surface area contributed by atoms with Gasteiger partial charge in [-0.3, -0.25) is 9.59 Å². The Hall–Kier alpha value is -1.84. The average molecular weight is 348 g/mol. The van der Waals surface area contributed by atoms with Gasteiger partial charge in [0.25, 0.3) is 0 Å². The first-order valence-electron chi connectivity index (χ1n) is 9.51. The zero-order valence-electron chi connectivity index (χ0n) is 15.6. The van der Waals surface area contributed by atoms with Crippen LogP contribution in [-0.2, 0) is 20.7 Å². The number of hydrogen-bond acceptors (Lipinski definition) is 3. The molecule has 140 valence electrons. The highest BCUT2D eigenvalue weighted by molar-refractivity contribution is 5.93. The van der Waals surface area contributed by atoms with Crippen molar-refractivity contribution in [3.05, 3.63) is 35.9 Å². The molecule has 2 unspecified atom stereocenters. The number of esters is 1. The summed E-state index contributed by atoms with van der Waals surface area (Å²) >= 11 is 0. The van der Waals surface area contributed by atoms with Crippen LogP contribution < -0.4 is 0 Å². The van der Waals surface area contributed by atoms with Gasteiger partial charge in [-0.1, -0.05) is 69.4 Å². The molecule has 1 aromatic carbocycles. The molecule has 0 heterocycles. The summed E-state index contributed by atoms with van der Waals surface area (Å²) in [7, 11) is 0. The standard InChI is InChI=1S/C21H32O4/c1-3-17(2)25-21(24)19(20(22)23)16-12-7-5-4-6-9-13-18-14-10-8-11-15-18/h8,10-11,14-15,17,19H,3-7,9,12-13,16H2,1-2H3,(H,22,23). The third-order valence-electron chi connectivity index (χ3n) is 4.53. The SMILES string of the molecule is CCC(C)OC(=O)C(CCCCCCCCc1ccccc1)C(=O)O. The number of hydrogen-bond donors (Lipinski definition) is 1. The highest BCUT2D eigenvalue weighted by atomic mass is 16.5. The van der Waals surface area contributed by atoms with Crippen LogP contribution in [-0.4, -0.2) is 23.1 Å². The first-order chi connectivity index (χ1) is 12.0. The van der Waals surface area contributed by atoms with E-state index >= 15 is 0 Å². The van der Waals surface area contributed by atoms with Crippen LogP contribution in [0.4, 0.5) is 0 Å². The summed E-state index contributed by atoms with van der Waals surface area (Å²) in [4.78, 5) is 23.1. The molecule has 0 saturated heterocycles. The third kappa shape index (κ3) is 9.28. The molecule has 0 aliphatic heterocycles. The number of benzene rings is 1. The number of carboxylic acids is 1.